The van der Waals surface area contributed by atoms with Crippen molar-refractivity contribution in [2.45, 2.75) is 51.5 Å². The average molecular weight is 546 g/mol. The molecule has 1 amide bonds. The predicted octanol–water partition coefficient (Wildman–Crippen LogP) is 3.46. The average Bonchev–Trinajstić information content (AvgIpc) is 2.75. The fraction of sp³-hybridized carbons (Fsp3) is 0.652. The van der Waals surface area contributed by atoms with Crippen LogP contribution >= 0.6 is 24.0 Å². The standard InChI is InChI=1S/C23H38N4O3.HI/c1-17(13-18-11-12-20(29-4)21(14-18)30-5)15-24-23(25-16-22(28)27(2)3)26-19-9-7-6-8-10-19;/h11-12,14,17,19H,6-10,13,15-16H2,1-5H3,(H2,24,25,26);1H. The fourth-order valence-electron chi connectivity index (χ4n) is 3.63. The first kappa shape index (κ1) is 27.3. The van der Waals surface area contributed by atoms with Crippen LogP contribution in [0.2, 0.25) is 0 Å². The molecule has 8 heteroatoms. The maximum Gasteiger partial charge on any atom is 0.243 e. The van der Waals surface area contributed by atoms with Crippen molar-refractivity contribution in [3.8, 4) is 11.5 Å². The summed E-state index contributed by atoms with van der Waals surface area (Å²) >= 11 is 0. The minimum atomic E-state index is -0.00174. The summed E-state index contributed by atoms with van der Waals surface area (Å²) in [5.74, 6) is 2.60. The highest BCUT2D eigenvalue weighted by Gasteiger charge is 2.16. The first-order chi connectivity index (χ1) is 14.4. The van der Waals surface area contributed by atoms with Gasteiger partial charge in [-0.1, -0.05) is 32.3 Å². The highest BCUT2D eigenvalue weighted by molar-refractivity contribution is 14.0. The summed E-state index contributed by atoms with van der Waals surface area (Å²) in [7, 11) is 6.81. The number of nitrogens with one attached hydrogen (secondary N) is 2. The Morgan fingerprint density at radius 3 is 2.45 bits per heavy atom. The molecule has 1 aromatic rings. The van der Waals surface area contributed by atoms with Gasteiger partial charge in [-0.05, 0) is 42.9 Å². The number of hydrogen-bond acceptors (Lipinski definition) is 4. The van der Waals surface area contributed by atoms with Crippen LogP contribution in [0.1, 0.15) is 44.6 Å². The van der Waals surface area contributed by atoms with Gasteiger partial charge in [-0.3, -0.25) is 4.79 Å². The molecule has 31 heavy (non-hydrogen) atoms. The van der Waals surface area contributed by atoms with Crippen LogP contribution in [0.25, 0.3) is 0 Å². The largest absolute Gasteiger partial charge is 0.493 e. The molecule has 2 rings (SSSR count). The zero-order chi connectivity index (χ0) is 21.9. The van der Waals surface area contributed by atoms with Crippen LogP contribution in [0, 0.1) is 5.92 Å². The molecule has 1 unspecified atom stereocenters. The molecule has 2 N–H and O–H groups in total. The van der Waals surface area contributed by atoms with Crippen molar-refractivity contribution in [3.05, 3.63) is 23.8 Å². The Morgan fingerprint density at radius 1 is 1.16 bits per heavy atom. The van der Waals surface area contributed by atoms with E-state index < -0.39 is 0 Å². The summed E-state index contributed by atoms with van der Waals surface area (Å²) in [5, 5.41) is 6.98. The Bertz CT molecular complexity index is 706. The first-order valence-electron chi connectivity index (χ1n) is 10.9. The quantitative estimate of drug-likeness (QED) is 0.282. The molecule has 1 atom stereocenters. The van der Waals surface area contributed by atoms with Crippen LogP contribution in [0.3, 0.4) is 0 Å². The molecule has 1 fully saturated rings. The lowest BCUT2D eigenvalue weighted by molar-refractivity contribution is -0.127. The van der Waals surface area contributed by atoms with Gasteiger partial charge >= 0.3 is 0 Å². The van der Waals surface area contributed by atoms with Gasteiger partial charge in [0.1, 0.15) is 6.54 Å². The number of aliphatic imine (C=N–C) groups is 1. The lowest BCUT2D eigenvalue weighted by Crippen LogP contribution is -2.46. The van der Waals surface area contributed by atoms with Crippen molar-refractivity contribution in [1.29, 1.82) is 0 Å². The molecular weight excluding hydrogens is 507 g/mol. The lowest BCUT2D eigenvalue weighted by Gasteiger charge is -2.26. The second-order valence-corrected chi connectivity index (χ2v) is 8.31. The number of rotatable bonds is 9. The Morgan fingerprint density at radius 2 is 1.84 bits per heavy atom. The van der Waals surface area contributed by atoms with Crippen LogP contribution in [0.15, 0.2) is 23.2 Å². The minimum absolute atomic E-state index is 0. The van der Waals surface area contributed by atoms with Crippen LogP contribution in [-0.2, 0) is 11.2 Å². The van der Waals surface area contributed by atoms with Gasteiger partial charge in [-0.25, -0.2) is 4.99 Å². The van der Waals surface area contributed by atoms with Gasteiger partial charge in [0.05, 0.1) is 14.2 Å². The van der Waals surface area contributed by atoms with E-state index in [1.54, 1.807) is 33.2 Å². The zero-order valence-electron chi connectivity index (χ0n) is 19.6. The van der Waals surface area contributed by atoms with Gasteiger partial charge in [-0.2, -0.15) is 0 Å². The Balaban J connectivity index is 0.00000480. The molecule has 0 heterocycles. The molecule has 7 nitrogen and oxygen atoms in total. The van der Waals surface area contributed by atoms with Crippen LogP contribution in [0.4, 0.5) is 0 Å². The van der Waals surface area contributed by atoms with Gasteiger partial charge < -0.3 is 25.0 Å². The summed E-state index contributed by atoms with van der Waals surface area (Å²) in [6, 6.07) is 6.47. The van der Waals surface area contributed by atoms with Crippen LogP contribution < -0.4 is 20.1 Å². The molecule has 0 spiro atoms. The maximum atomic E-state index is 12.0. The molecule has 1 aromatic carbocycles. The van der Waals surface area contributed by atoms with E-state index in [0.717, 1.165) is 43.3 Å². The van der Waals surface area contributed by atoms with Gasteiger partial charge in [0.15, 0.2) is 17.5 Å². The van der Waals surface area contributed by atoms with E-state index in [4.69, 9.17) is 9.47 Å². The van der Waals surface area contributed by atoms with E-state index >= 15 is 0 Å². The van der Waals surface area contributed by atoms with Gasteiger partial charge in [0, 0.05) is 26.7 Å². The number of methoxy groups -OCH3 is 2. The van der Waals surface area contributed by atoms with Crippen molar-refractivity contribution >= 4 is 35.8 Å². The molecule has 1 aliphatic rings. The van der Waals surface area contributed by atoms with Gasteiger partial charge in [0.25, 0.3) is 0 Å². The number of halogens is 1. The second-order valence-electron chi connectivity index (χ2n) is 8.31. The summed E-state index contributed by atoms with van der Waals surface area (Å²) < 4.78 is 10.7. The third-order valence-corrected chi connectivity index (χ3v) is 5.47. The van der Waals surface area contributed by atoms with Crippen molar-refractivity contribution in [3.63, 3.8) is 0 Å². The Labute approximate surface area is 204 Å². The number of likely N-dealkylation sites (N-methyl/N-ethyl adjacent to an activating group) is 1. The van der Waals surface area contributed by atoms with Crippen molar-refractivity contribution < 1.29 is 14.3 Å². The smallest absolute Gasteiger partial charge is 0.243 e. The number of carbonyl (C=O) groups is 1. The Hall–Kier alpha value is -1.71. The minimum Gasteiger partial charge on any atom is -0.493 e. The molecular formula is C23H39IN4O3. The van der Waals surface area contributed by atoms with E-state index in [2.05, 4.69) is 28.6 Å². The molecule has 0 radical (unpaired) electrons. The van der Waals surface area contributed by atoms with Crippen molar-refractivity contribution in [2.75, 3.05) is 41.4 Å². The second kappa shape index (κ2) is 14.4. The predicted molar refractivity (Wildman–Crippen MR) is 137 cm³/mol. The Kier molecular flexibility index (Phi) is 12.7. The molecule has 0 bridgehead atoms. The first-order valence-corrected chi connectivity index (χ1v) is 10.9. The third-order valence-electron chi connectivity index (χ3n) is 5.47. The molecule has 0 aliphatic heterocycles. The summed E-state index contributed by atoms with van der Waals surface area (Å²) in [4.78, 5) is 18.1. The highest BCUT2D eigenvalue weighted by atomic mass is 127. The number of benzene rings is 1. The fourth-order valence-corrected chi connectivity index (χ4v) is 3.63. The number of guanidine groups is 1. The molecule has 0 aromatic heterocycles. The lowest BCUT2D eigenvalue weighted by atomic mass is 9.96. The number of carbonyl (C=O) groups excluding carboxylic acids is 1. The van der Waals surface area contributed by atoms with E-state index in [1.807, 2.05) is 12.1 Å². The number of nitrogens with zero attached hydrogens (tertiary/aromatic N) is 2. The van der Waals surface area contributed by atoms with Gasteiger partial charge in [-0.15, -0.1) is 24.0 Å². The van der Waals surface area contributed by atoms with E-state index in [9.17, 15) is 4.79 Å². The van der Waals surface area contributed by atoms with Crippen LogP contribution in [0.5, 0.6) is 11.5 Å². The summed E-state index contributed by atoms with van der Waals surface area (Å²) in [5.41, 5.74) is 1.20. The number of hydrogen-bond donors (Lipinski definition) is 2. The van der Waals surface area contributed by atoms with E-state index in [-0.39, 0.29) is 36.4 Å². The van der Waals surface area contributed by atoms with E-state index in [0.29, 0.717) is 12.0 Å². The van der Waals surface area contributed by atoms with Crippen molar-refractivity contribution in [2.24, 2.45) is 10.9 Å². The molecule has 1 aliphatic carbocycles. The summed E-state index contributed by atoms with van der Waals surface area (Å²) in [6.45, 7) is 3.12. The normalized spacial score (nSPS) is 15.5. The monoisotopic (exact) mass is 546 g/mol. The zero-order valence-corrected chi connectivity index (χ0v) is 21.9. The molecule has 176 valence electrons. The SMILES string of the molecule is COc1ccc(CC(C)CNC(=NCC(=O)N(C)C)NC2CCCCC2)cc1OC.I. The van der Waals surface area contributed by atoms with Gasteiger partial charge in [0.2, 0.25) is 5.91 Å². The molecule has 1 saturated carbocycles. The van der Waals surface area contributed by atoms with Crippen LogP contribution in [-0.4, -0.2) is 64.2 Å². The third kappa shape index (κ3) is 9.53. The maximum absolute atomic E-state index is 12.0. The molecule has 0 saturated heterocycles. The van der Waals surface area contributed by atoms with Crippen molar-refractivity contribution in [1.82, 2.24) is 15.5 Å². The summed E-state index contributed by atoms with van der Waals surface area (Å²) in [6.07, 6.45) is 7.02. The van der Waals surface area contributed by atoms with E-state index in [1.165, 1.54) is 24.8 Å². The number of ether oxygens (including phenoxy) is 2. The highest BCUT2D eigenvalue weighted by Crippen LogP contribution is 2.28. The number of amides is 1. The topological polar surface area (TPSA) is 75.2 Å².